The van der Waals surface area contributed by atoms with Gasteiger partial charge in [0.25, 0.3) is 0 Å². The molecule has 0 radical (unpaired) electrons. The second-order valence-electron chi connectivity index (χ2n) is 4.62. The van der Waals surface area contributed by atoms with Crippen molar-refractivity contribution < 1.29 is 8.42 Å². The molecule has 1 aromatic carbocycles. The average molecular weight is 268 g/mol. The van der Waals surface area contributed by atoms with Crippen LogP contribution in [-0.4, -0.2) is 45.8 Å². The van der Waals surface area contributed by atoms with Crippen LogP contribution in [0.4, 0.5) is 5.69 Å². The number of rotatable bonds is 3. The van der Waals surface area contributed by atoms with Crippen LogP contribution in [0.1, 0.15) is 17.7 Å². The van der Waals surface area contributed by atoms with E-state index < -0.39 is 9.84 Å². The molecule has 1 aromatic rings. The highest BCUT2D eigenvalue weighted by Crippen LogP contribution is 2.28. The van der Waals surface area contributed by atoms with Gasteiger partial charge in [-0.2, -0.15) is 0 Å². The van der Waals surface area contributed by atoms with Crippen LogP contribution in [0.5, 0.6) is 0 Å². The van der Waals surface area contributed by atoms with Gasteiger partial charge in [-0.25, -0.2) is 8.42 Å². The zero-order chi connectivity index (χ0) is 13.2. The predicted molar refractivity (Wildman–Crippen MR) is 74.6 cm³/mol. The van der Waals surface area contributed by atoms with Gasteiger partial charge in [-0.1, -0.05) is 19.1 Å². The summed E-state index contributed by atoms with van der Waals surface area (Å²) in [6, 6.07) is 7.67. The Balaban J connectivity index is 2.27. The topological polar surface area (TPSA) is 49.4 Å². The monoisotopic (exact) mass is 268 g/mol. The van der Waals surface area contributed by atoms with Gasteiger partial charge in [0.15, 0.2) is 9.84 Å². The van der Waals surface area contributed by atoms with Crippen LogP contribution < -0.4 is 5.32 Å². The Morgan fingerprint density at radius 2 is 2.00 bits per heavy atom. The maximum absolute atomic E-state index is 12.2. The van der Waals surface area contributed by atoms with Crippen LogP contribution in [0.15, 0.2) is 24.3 Å². The van der Waals surface area contributed by atoms with Crippen molar-refractivity contribution in [3.05, 3.63) is 29.8 Å². The number of likely N-dealkylation sites (N-methyl/N-ethyl adjacent to an activating group) is 1. The Kier molecular flexibility index (Phi) is 3.92. The van der Waals surface area contributed by atoms with E-state index in [-0.39, 0.29) is 11.0 Å². The third kappa shape index (κ3) is 2.67. The van der Waals surface area contributed by atoms with Gasteiger partial charge >= 0.3 is 0 Å². The number of hydrogen-bond acceptors (Lipinski definition) is 4. The van der Waals surface area contributed by atoms with Gasteiger partial charge in [0.1, 0.15) is 0 Å². The van der Waals surface area contributed by atoms with Gasteiger partial charge in [-0.3, -0.25) is 0 Å². The summed E-state index contributed by atoms with van der Waals surface area (Å²) in [7, 11) is -1.15. The minimum atomic E-state index is -3.00. The highest BCUT2D eigenvalue weighted by atomic mass is 32.2. The van der Waals surface area contributed by atoms with Gasteiger partial charge in [0.05, 0.1) is 11.0 Å². The number of anilines is 1. The molecular formula is C13H20N2O2S. The molecule has 1 aliphatic rings. The number of sulfone groups is 1. The zero-order valence-electron chi connectivity index (χ0n) is 10.9. The fourth-order valence-electron chi connectivity index (χ4n) is 2.30. The predicted octanol–water partition coefficient (Wildman–Crippen LogP) is 1.52. The molecule has 1 N–H and O–H groups in total. The second kappa shape index (κ2) is 5.28. The number of nitrogens with zero attached hydrogens (tertiary/aromatic N) is 1. The lowest BCUT2D eigenvalue weighted by atomic mass is 10.1. The minimum Gasteiger partial charge on any atom is -0.388 e. The highest BCUT2D eigenvalue weighted by Gasteiger charge is 2.33. The molecule has 1 saturated heterocycles. The van der Waals surface area contributed by atoms with Crippen molar-refractivity contribution in [3.8, 4) is 0 Å². The van der Waals surface area contributed by atoms with Crippen molar-refractivity contribution in [1.82, 2.24) is 4.90 Å². The smallest absolute Gasteiger partial charge is 0.159 e. The summed E-state index contributed by atoms with van der Waals surface area (Å²) in [6.45, 7) is 4.24. The summed E-state index contributed by atoms with van der Waals surface area (Å²) in [5, 5.41) is 2.66. The van der Waals surface area contributed by atoms with E-state index >= 15 is 0 Å². The van der Waals surface area contributed by atoms with Gasteiger partial charge in [0, 0.05) is 25.8 Å². The molecule has 1 unspecified atom stereocenters. The van der Waals surface area contributed by atoms with Gasteiger partial charge in [-0.05, 0) is 24.2 Å². The Hall–Kier alpha value is -1.07. The summed E-state index contributed by atoms with van der Waals surface area (Å²) < 4.78 is 24.3. The second-order valence-corrected chi connectivity index (χ2v) is 6.92. The Morgan fingerprint density at radius 3 is 2.56 bits per heavy atom. The Labute approximate surface area is 109 Å². The molecule has 0 saturated carbocycles. The quantitative estimate of drug-likeness (QED) is 0.903. The van der Waals surface area contributed by atoms with Crippen molar-refractivity contribution in [2.24, 2.45) is 0 Å². The first-order valence-corrected chi connectivity index (χ1v) is 8.00. The lowest BCUT2D eigenvalue weighted by molar-refractivity contribution is 0.289. The molecule has 4 nitrogen and oxygen atoms in total. The van der Waals surface area contributed by atoms with E-state index in [4.69, 9.17) is 0 Å². The van der Waals surface area contributed by atoms with Crippen molar-refractivity contribution in [2.75, 3.05) is 37.8 Å². The molecule has 1 fully saturated rings. The fourth-order valence-corrected chi connectivity index (χ4v) is 4.11. The molecule has 0 amide bonds. The summed E-state index contributed by atoms with van der Waals surface area (Å²) in [6.07, 6.45) is 0. The third-order valence-corrected chi connectivity index (χ3v) is 5.61. The lowest BCUT2D eigenvalue weighted by Gasteiger charge is -2.32. The minimum absolute atomic E-state index is 0.263. The molecule has 100 valence electrons. The maximum atomic E-state index is 12.2. The van der Waals surface area contributed by atoms with Crippen molar-refractivity contribution >= 4 is 15.5 Å². The standard InChI is InChI=1S/C13H20N2O2S/c1-3-15-8-9-18(16,17)13(10-15)11-4-6-12(14-2)7-5-11/h4-7,13-14H,3,8-10H2,1-2H3. The molecule has 0 aliphatic carbocycles. The first-order valence-electron chi connectivity index (χ1n) is 6.28. The number of benzene rings is 1. The summed E-state index contributed by atoms with van der Waals surface area (Å²) in [4.78, 5) is 2.19. The van der Waals surface area contributed by atoms with Crippen molar-refractivity contribution in [2.45, 2.75) is 12.2 Å². The van der Waals surface area contributed by atoms with Crippen LogP contribution in [0.2, 0.25) is 0 Å². The average Bonchev–Trinajstić information content (AvgIpc) is 2.39. The van der Waals surface area contributed by atoms with Crippen molar-refractivity contribution in [1.29, 1.82) is 0 Å². The highest BCUT2D eigenvalue weighted by molar-refractivity contribution is 7.91. The van der Waals surface area contributed by atoms with Crippen LogP contribution in [0.25, 0.3) is 0 Å². The fraction of sp³-hybridized carbons (Fsp3) is 0.538. The molecule has 5 heteroatoms. The summed E-state index contributed by atoms with van der Waals surface area (Å²) in [5.74, 6) is 0.263. The van der Waals surface area contributed by atoms with Gasteiger partial charge in [-0.15, -0.1) is 0 Å². The molecular weight excluding hydrogens is 248 g/mol. The van der Waals surface area contributed by atoms with Crippen molar-refractivity contribution in [3.63, 3.8) is 0 Å². The SMILES string of the molecule is CCN1CCS(=O)(=O)C(c2ccc(NC)cc2)C1. The van der Waals surface area contributed by atoms with E-state index in [0.29, 0.717) is 13.1 Å². The van der Waals surface area contributed by atoms with Crippen LogP contribution in [-0.2, 0) is 9.84 Å². The van der Waals surface area contributed by atoms with E-state index in [2.05, 4.69) is 17.1 Å². The maximum Gasteiger partial charge on any atom is 0.159 e. The summed E-state index contributed by atoms with van der Waals surface area (Å²) >= 11 is 0. The number of hydrogen-bond donors (Lipinski definition) is 1. The van der Waals surface area contributed by atoms with Gasteiger partial charge in [0.2, 0.25) is 0 Å². The largest absolute Gasteiger partial charge is 0.388 e. The molecule has 1 heterocycles. The molecule has 1 atom stereocenters. The van der Waals surface area contributed by atoms with E-state index in [1.54, 1.807) is 0 Å². The Bertz CT molecular complexity index is 496. The first kappa shape index (κ1) is 13.4. The van der Waals surface area contributed by atoms with Crippen LogP contribution in [0, 0.1) is 0 Å². The van der Waals surface area contributed by atoms with Gasteiger partial charge < -0.3 is 10.2 Å². The third-order valence-electron chi connectivity index (χ3n) is 3.57. The molecule has 0 spiro atoms. The molecule has 0 bridgehead atoms. The van der Waals surface area contributed by atoms with E-state index in [0.717, 1.165) is 17.8 Å². The van der Waals surface area contributed by atoms with Crippen LogP contribution >= 0.6 is 0 Å². The zero-order valence-corrected chi connectivity index (χ0v) is 11.7. The van der Waals surface area contributed by atoms with Crippen LogP contribution in [0.3, 0.4) is 0 Å². The molecule has 18 heavy (non-hydrogen) atoms. The van der Waals surface area contributed by atoms with E-state index in [1.807, 2.05) is 31.3 Å². The van der Waals surface area contributed by atoms with E-state index in [1.165, 1.54) is 0 Å². The molecule has 0 aromatic heterocycles. The normalized spacial score (nSPS) is 23.8. The number of nitrogens with one attached hydrogen (secondary N) is 1. The molecule has 1 aliphatic heterocycles. The lowest BCUT2D eigenvalue weighted by Crippen LogP contribution is -2.42. The first-order chi connectivity index (χ1) is 8.56. The summed E-state index contributed by atoms with van der Waals surface area (Å²) in [5.41, 5.74) is 1.89. The molecule has 2 rings (SSSR count). The van der Waals surface area contributed by atoms with E-state index in [9.17, 15) is 8.42 Å². The Morgan fingerprint density at radius 1 is 1.33 bits per heavy atom.